The van der Waals surface area contributed by atoms with E-state index in [-0.39, 0.29) is 6.61 Å². The molecule has 0 aliphatic rings. The minimum Gasteiger partial charge on any atom is -0.493 e. The quantitative estimate of drug-likeness (QED) is 0.0662. The van der Waals surface area contributed by atoms with Crippen molar-refractivity contribution in [1.82, 2.24) is 0 Å². The maximum atomic E-state index is 10.4. The lowest BCUT2D eigenvalue weighted by Crippen LogP contribution is -2.06. The summed E-state index contributed by atoms with van der Waals surface area (Å²) < 4.78 is 19.1. The molecular weight excluding hydrogens is 797 g/mol. The fourth-order valence-corrected chi connectivity index (χ4v) is 9.56. The van der Waals surface area contributed by atoms with Crippen LogP contribution in [0.25, 0.3) is 0 Å². The van der Waals surface area contributed by atoms with Crippen LogP contribution in [0, 0.1) is 0 Å². The molecule has 0 unspecified atom stereocenters. The van der Waals surface area contributed by atoms with Crippen molar-refractivity contribution >= 4 is 0 Å². The zero-order valence-corrected chi connectivity index (χ0v) is 44.6. The Morgan fingerprint density at radius 1 is 0.246 bits per heavy atom. The van der Waals surface area contributed by atoms with Gasteiger partial charge in [-0.1, -0.05) is 310 Å². The molecule has 1 aromatic rings. The molecule has 65 heavy (non-hydrogen) atoms. The Kier molecular flexibility index (Phi) is 49.2. The molecule has 0 saturated carbocycles. The first-order valence-electron chi connectivity index (χ1n) is 29.9. The Balaban J connectivity index is 2.37. The van der Waals surface area contributed by atoms with Gasteiger partial charge in [-0.05, 0) is 25.3 Å². The van der Waals surface area contributed by atoms with Gasteiger partial charge in [-0.2, -0.15) is 0 Å². The summed E-state index contributed by atoms with van der Waals surface area (Å²) >= 11 is 0. The lowest BCUT2D eigenvalue weighted by atomic mass is 10.0. The summed E-state index contributed by atoms with van der Waals surface area (Å²) in [6, 6.07) is 3.99. The highest BCUT2D eigenvalue weighted by Crippen LogP contribution is 2.36. The largest absolute Gasteiger partial charge is 0.493 e. The normalized spacial score (nSPS) is 11.5. The van der Waals surface area contributed by atoms with Crippen LogP contribution in [0.4, 0.5) is 0 Å². The van der Waals surface area contributed by atoms with E-state index >= 15 is 0 Å². The third-order valence-corrected chi connectivity index (χ3v) is 14.1. The number of rotatable bonds is 55. The van der Waals surface area contributed by atoms with Gasteiger partial charge >= 0.3 is 0 Å². The van der Waals surface area contributed by atoms with Gasteiger partial charge in [0.1, 0.15) is 5.75 Å². The minimum absolute atomic E-state index is 0.0525. The van der Waals surface area contributed by atoms with E-state index in [2.05, 4.69) is 20.8 Å². The maximum absolute atomic E-state index is 10.4. The Labute approximate surface area is 408 Å². The van der Waals surface area contributed by atoms with Gasteiger partial charge in [0.2, 0.25) is 0 Å². The van der Waals surface area contributed by atoms with E-state index < -0.39 is 0 Å². The van der Waals surface area contributed by atoms with Crippen LogP contribution in [0.3, 0.4) is 0 Å². The second-order valence-corrected chi connectivity index (χ2v) is 20.5. The van der Waals surface area contributed by atoms with E-state index in [1.165, 1.54) is 289 Å². The summed E-state index contributed by atoms with van der Waals surface area (Å²) in [7, 11) is 0. The Bertz CT molecular complexity index is 1060. The second-order valence-electron chi connectivity index (χ2n) is 20.5. The average Bonchev–Trinajstić information content (AvgIpc) is 3.32. The molecule has 0 radical (unpaired) electrons. The highest BCUT2D eigenvalue weighted by Gasteiger charge is 2.14. The molecule has 0 bridgehead atoms. The predicted octanol–water partition coefficient (Wildman–Crippen LogP) is 21.1. The predicted molar refractivity (Wildman–Crippen MR) is 287 cm³/mol. The van der Waals surface area contributed by atoms with Gasteiger partial charge in [-0.3, -0.25) is 0 Å². The molecule has 0 atom stereocenters. The summed E-state index contributed by atoms with van der Waals surface area (Å²) in [4.78, 5) is 0. The number of benzene rings is 1. The average molecular weight is 914 g/mol. The van der Waals surface area contributed by atoms with Gasteiger partial charge in [-0.25, -0.2) is 0 Å². The first-order chi connectivity index (χ1) is 32.3. The first-order valence-corrected chi connectivity index (χ1v) is 29.9. The molecule has 384 valence electrons. The van der Waals surface area contributed by atoms with Crippen LogP contribution >= 0.6 is 0 Å². The second kappa shape index (κ2) is 52.0. The summed E-state index contributed by atoms with van der Waals surface area (Å²) in [6.45, 7) is 8.92. The number of aliphatic hydroxyl groups is 1. The highest BCUT2D eigenvalue weighted by atomic mass is 16.5. The number of hydrogen-bond donors (Lipinski definition) is 1. The minimum atomic E-state index is -0.0525. The van der Waals surface area contributed by atoms with E-state index in [9.17, 15) is 5.11 Å². The van der Waals surface area contributed by atoms with Crippen LogP contribution in [-0.4, -0.2) is 24.9 Å². The Morgan fingerprint density at radius 3 is 0.646 bits per heavy atom. The molecule has 0 saturated heterocycles. The van der Waals surface area contributed by atoms with E-state index in [4.69, 9.17) is 14.2 Å². The maximum Gasteiger partial charge on any atom is 0.164 e. The summed E-state index contributed by atoms with van der Waals surface area (Å²) in [5.41, 5.74) is 0.804. The van der Waals surface area contributed by atoms with Gasteiger partial charge in [0, 0.05) is 11.6 Å². The first kappa shape index (κ1) is 61.6. The van der Waals surface area contributed by atoms with Crippen molar-refractivity contribution in [2.75, 3.05) is 19.8 Å². The zero-order valence-electron chi connectivity index (χ0n) is 44.6. The van der Waals surface area contributed by atoms with Crippen molar-refractivity contribution in [3.8, 4) is 17.2 Å². The van der Waals surface area contributed by atoms with Crippen molar-refractivity contribution < 1.29 is 19.3 Å². The third kappa shape index (κ3) is 42.4. The van der Waals surface area contributed by atoms with Crippen molar-refractivity contribution in [3.63, 3.8) is 0 Å². The smallest absolute Gasteiger partial charge is 0.164 e. The van der Waals surface area contributed by atoms with Crippen molar-refractivity contribution in [2.24, 2.45) is 0 Å². The van der Waals surface area contributed by atoms with E-state index in [1.807, 2.05) is 12.1 Å². The third-order valence-electron chi connectivity index (χ3n) is 14.1. The molecule has 4 heteroatoms. The van der Waals surface area contributed by atoms with E-state index in [0.29, 0.717) is 19.8 Å². The highest BCUT2D eigenvalue weighted by molar-refractivity contribution is 5.50. The molecule has 0 aliphatic carbocycles. The van der Waals surface area contributed by atoms with Gasteiger partial charge < -0.3 is 19.3 Å². The van der Waals surface area contributed by atoms with Gasteiger partial charge in [0.15, 0.2) is 11.5 Å². The number of aliphatic hydroxyl groups excluding tert-OH is 1. The Morgan fingerprint density at radius 2 is 0.431 bits per heavy atom. The molecule has 0 aliphatic heterocycles. The molecule has 0 fully saturated rings. The van der Waals surface area contributed by atoms with Crippen molar-refractivity contribution in [3.05, 3.63) is 17.7 Å². The number of ether oxygens (including phenoxy) is 3. The van der Waals surface area contributed by atoms with Crippen molar-refractivity contribution in [1.29, 1.82) is 0 Å². The van der Waals surface area contributed by atoms with Crippen molar-refractivity contribution in [2.45, 2.75) is 336 Å². The van der Waals surface area contributed by atoms with Gasteiger partial charge in [0.25, 0.3) is 0 Å². The number of unbranched alkanes of at least 4 members (excludes halogenated alkanes) is 45. The molecule has 1 N–H and O–H groups in total. The SMILES string of the molecule is CCCCCCCCCCCCCCCCCCOc1cc(OCCCCCCCCCCCCCCCCCC)c(OCCCCCCCCCCCCCCCCCC)cc1CO. The Hall–Kier alpha value is -1.42. The monoisotopic (exact) mass is 913 g/mol. The van der Waals surface area contributed by atoms with Crippen LogP contribution in [0.2, 0.25) is 0 Å². The molecular formula is C61H116O4. The van der Waals surface area contributed by atoms with Crippen LogP contribution in [0.5, 0.6) is 17.2 Å². The lowest BCUT2D eigenvalue weighted by Gasteiger charge is -2.17. The zero-order chi connectivity index (χ0) is 46.6. The molecule has 0 aromatic heterocycles. The fraction of sp³-hybridized carbons (Fsp3) is 0.902. The van der Waals surface area contributed by atoms with Crippen LogP contribution in [-0.2, 0) is 6.61 Å². The van der Waals surface area contributed by atoms with Crippen LogP contribution < -0.4 is 14.2 Å². The van der Waals surface area contributed by atoms with Gasteiger partial charge in [-0.15, -0.1) is 0 Å². The number of hydrogen-bond acceptors (Lipinski definition) is 4. The molecule has 1 aromatic carbocycles. The van der Waals surface area contributed by atoms with Gasteiger partial charge in [0.05, 0.1) is 26.4 Å². The fourth-order valence-electron chi connectivity index (χ4n) is 9.56. The topological polar surface area (TPSA) is 47.9 Å². The summed E-state index contributed by atoms with van der Waals surface area (Å²) in [5, 5.41) is 10.4. The standard InChI is InChI=1S/C61H116O4/c1-4-7-10-13-16-19-22-25-28-31-34-37-40-43-46-49-52-63-59-56-61(65-54-51-48-45-42-39-36-33-30-27-24-21-18-15-12-9-6-3)60(55-58(59)57-62)64-53-50-47-44-41-38-35-32-29-26-23-20-17-14-11-8-5-2/h55-56,62H,4-54,57H2,1-3H3. The lowest BCUT2D eigenvalue weighted by molar-refractivity contribution is 0.242. The molecule has 4 nitrogen and oxygen atoms in total. The van der Waals surface area contributed by atoms with Crippen LogP contribution in [0.1, 0.15) is 335 Å². The molecule has 0 heterocycles. The molecule has 0 spiro atoms. The molecule has 0 amide bonds. The summed E-state index contributed by atoms with van der Waals surface area (Å²) in [6.07, 6.45) is 65.7. The van der Waals surface area contributed by atoms with E-state index in [1.54, 1.807) is 0 Å². The molecule has 1 rings (SSSR count). The van der Waals surface area contributed by atoms with Crippen LogP contribution in [0.15, 0.2) is 12.1 Å². The van der Waals surface area contributed by atoms with E-state index in [0.717, 1.165) is 42.1 Å². The summed E-state index contributed by atoms with van der Waals surface area (Å²) in [5.74, 6) is 2.30.